The van der Waals surface area contributed by atoms with Gasteiger partial charge < -0.3 is 14.1 Å². The Labute approximate surface area is 197 Å². The molecule has 6 nitrogen and oxygen atoms in total. The van der Waals surface area contributed by atoms with Gasteiger partial charge in [-0.15, -0.1) is 0 Å². The number of fused-ring (bicyclic) bond motifs is 5. The van der Waals surface area contributed by atoms with Gasteiger partial charge in [0, 0.05) is 39.7 Å². The van der Waals surface area contributed by atoms with Crippen molar-refractivity contribution in [3.05, 3.63) is 89.0 Å². The van der Waals surface area contributed by atoms with Gasteiger partial charge >= 0.3 is 5.97 Å². The molecule has 0 radical (unpaired) electrons. The molecule has 0 saturated heterocycles. The molecule has 0 bridgehead atoms. The Hall–Kier alpha value is -4.19. The summed E-state index contributed by atoms with van der Waals surface area (Å²) in [5.41, 5.74) is 5.87. The summed E-state index contributed by atoms with van der Waals surface area (Å²) in [5.74, 6) is 0.0872. The molecule has 0 unspecified atom stereocenters. The lowest BCUT2D eigenvalue weighted by Gasteiger charge is -2.06. The fourth-order valence-corrected chi connectivity index (χ4v) is 4.47. The molecule has 0 fully saturated rings. The molecule has 3 aromatic carbocycles. The zero-order valence-electron chi connectivity index (χ0n) is 19.3. The van der Waals surface area contributed by atoms with E-state index in [9.17, 15) is 9.59 Å². The van der Waals surface area contributed by atoms with Crippen LogP contribution in [0.25, 0.3) is 21.8 Å². The minimum Gasteiger partial charge on any atom is -0.486 e. The average Bonchev–Trinajstić information content (AvgIpc) is 3.40. The van der Waals surface area contributed by atoms with Crippen LogP contribution in [0.15, 0.2) is 71.9 Å². The summed E-state index contributed by atoms with van der Waals surface area (Å²) in [6.07, 6.45) is 0. The van der Waals surface area contributed by atoms with Gasteiger partial charge in [0.2, 0.25) is 0 Å². The van der Waals surface area contributed by atoms with Crippen molar-refractivity contribution >= 4 is 39.3 Å². The third kappa shape index (κ3) is 3.39. The highest BCUT2D eigenvalue weighted by Gasteiger charge is 2.27. The first-order valence-electron chi connectivity index (χ1n) is 11.2. The highest BCUT2D eigenvalue weighted by molar-refractivity contribution is 6.20. The first-order valence-corrected chi connectivity index (χ1v) is 11.2. The molecule has 1 aliphatic heterocycles. The lowest BCUT2D eigenvalue weighted by Crippen LogP contribution is -2.07. The molecule has 2 heterocycles. The predicted octanol–water partition coefficient (Wildman–Crippen LogP) is 5.57. The summed E-state index contributed by atoms with van der Waals surface area (Å²) in [4.78, 5) is 30.1. The molecule has 1 aliphatic rings. The molecule has 0 aliphatic carbocycles. The normalized spacial score (nSPS) is 13.8. The number of aromatic nitrogens is 1. The Bertz CT molecular complexity index is 1540. The predicted molar refractivity (Wildman–Crippen MR) is 133 cm³/mol. The van der Waals surface area contributed by atoms with Crippen molar-refractivity contribution in [2.75, 3.05) is 6.61 Å². The van der Waals surface area contributed by atoms with Crippen molar-refractivity contribution in [3.8, 4) is 5.75 Å². The topological polar surface area (TPSA) is 69.9 Å². The maximum Gasteiger partial charge on any atom is 0.360 e. The molecule has 34 heavy (non-hydrogen) atoms. The van der Waals surface area contributed by atoms with Crippen molar-refractivity contribution in [2.24, 2.45) is 5.16 Å². The molecule has 0 amide bonds. The standard InChI is InChI=1S/C28H24N2O4/c1-5-30-23-12-10-18(26(31)19-9-7-6-8-17(19)4)14-21(23)25-24(30)13-11-20-22(15-33-27(20)25)29-34-28(32)16(2)3/h6-14H,2,5,15H2,1,3-4H3/b29-22+. The number of rotatable bonds is 5. The highest BCUT2D eigenvalue weighted by atomic mass is 16.7. The van der Waals surface area contributed by atoms with Crippen LogP contribution in [0.3, 0.4) is 0 Å². The van der Waals surface area contributed by atoms with E-state index >= 15 is 0 Å². The number of carbonyl (C=O) groups excluding carboxylic acids is 2. The fraction of sp³-hybridized carbons (Fsp3) is 0.179. The van der Waals surface area contributed by atoms with E-state index < -0.39 is 5.97 Å². The molecule has 0 saturated carbocycles. The second-order valence-electron chi connectivity index (χ2n) is 8.44. The van der Waals surface area contributed by atoms with Crippen LogP contribution in [0.5, 0.6) is 5.75 Å². The van der Waals surface area contributed by atoms with Crippen LogP contribution >= 0.6 is 0 Å². The smallest absolute Gasteiger partial charge is 0.360 e. The van der Waals surface area contributed by atoms with Crippen LogP contribution < -0.4 is 4.74 Å². The van der Waals surface area contributed by atoms with Crippen LogP contribution in [0, 0.1) is 6.92 Å². The quantitative estimate of drug-likeness (QED) is 0.172. The number of oxime groups is 1. The van der Waals surface area contributed by atoms with Gasteiger partial charge in [-0.05, 0) is 56.7 Å². The second kappa shape index (κ2) is 8.30. The number of ether oxygens (including phenoxy) is 1. The van der Waals surface area contributed by atoms with Gasteiger partial charge in [0.15, 0.2) is 5.78 Å². The van der Waals surface area contributed by atoms with E-state index in [1.54, 1.807) is 6.92 Å². The zero-order valence-corrected chi connectivity index (χ0v) is 19.3. The van der Waals surface area contributed by atoms with Crippen LogP contribution in [-0.2, 0) is 16.2 Å². The van der Waals surface area contributed by atoms with E-state index in [-0.39, 0.29) is 18.0 Å². The summed E-state index contributed by atoms with van der Waals surface area (Å²) in [7, 11) is 0. The molecular weight excluding hydrogens is 428 g/mol. The van der Waals surface area contributed by atoms with Gasteiger partial charge in [0.25, 0.3) is 0 Å². The van der Waals surface area contributed by atoms with Crippen molar-refractivity contribution < 1.29 is 19.2 Å². The molecule has 6 heteroatoms. The monoisotopic (exact) mass is 452 g/mol. The number of carbonyl (C=O) groups is 2. The number of hydrogen-bond donors (Lipinski definition) is 0. The minimum atomic E-state index is -0.580. The Balaban J connectivity index is 1.68. The van der Waals surface area contributed by atoms with Gasteiger partial charge in [-0.3, -0.25) is 4.79 Å². The Morgan fingerprint density at radius 3 is 2.62 bits per heavy atom. The lowest BCUT2D eigenvalue weighted by molar-refractivity contribution is -0.138. The van der Waals surface area contributed by atoms with Gasteiger partial charge in [-0.2, -0.15) is 0 Å². The summed E-state index contributed by atoms with van der Waals surface area (Å²) >= 11 is 0. The first kappa shape index (κ1) is 21.6. The zero-order chi connectivity index (χ0) is 24.0. The molecule has 5 rings (SSSR count). The number of nitrogens with zero attached hydrogens (tertiary/aromatic N) is 2. The molecule has 170 valence electrons. The number of ketones is 1. The Morgan fingerprint density at radius 1 is 1.12 bits per heavy atom. The van der Waals surface area contributed by atoms with Gasteiger partial charge in [-0.1, -0.05) is 36.0 Å². The summed E-state index contributed by atoms with van der Waals surface area (Å²) in [6.45, 7) is 10.1. The minimum absolute atomic E-state index is 0.0140. The van der Waals surface area contributed by atoms with Crippen LogP contribution in [0.1, 0.15) is 40.9 Å². The fourth-order valence-electron chi connectivity index (χ4n) is 4.47. The summed E-state index contributed by atoms with van der Waals surface area (Å²) in [6, 6.07) is 17.4. The number of benzene rings is 3. The second-order valence-corrected chi connectivity index (χ2v) is 8.44. The largest absolute Gasteiger partial charge is 0.486 e. The molecule has 4 aromatic rings. The summed E-state index contributed by atoms with van der Waals surface area (Å²) in [5, 5.41) is 5.87. The van der Waals surface area contributed by atoms with Gasteiger partial charge in [0.1, 0.15) is 18.1 Å². The lowest BCUT2D eigenvalue weighted by atomic mass is 9.97. The summed E-state index contributed by atoms with van der Waals surface area (Å²) < 4.78 is 8.25. The number of hydrogen-bond acceptors (Lipinski definition) is 5. The molecular formula is C28H24N2O4. The Kier molecular flexibility index (Phi) is 5.28. The maximum absolute atomic E-state index is 13.3. The SMILES string of the molecule is C=C(C)C(=O)O/N=C1\COc2c1ccc1c2c2cc(C(=O)c3ccccc3C)ccc2n1CC. The Morgan fingerprint density at radius 2 is 1.88 bits per heavy atom. The molecule has 0 atom stereocenters. The molecule has 0 spiro atoms. The number of aryl methyl sites for hydroxylation is 2. The van der Waals surface area contributed by atoms with Crippen LogP contribution in [0.4, 0.5) is 0 Å². The van der Waals surface area contributed by atoms with Crippen LogP contribution in [0.2, 0.25) is 0 Å². The maximum atomic E-state index is 13.3. The van der Waals surface area contributed by atoms with Crippen LogP contribution in [-0.4, -0.2) is 28.6 Å². The van der Waals surface area contributed by atoms with E-state index in [1.807, 2.05) is 61.5 Å². The van der Waals surface area contributed by atoms with Crippen molar-refractivity contribution in [1.82, 2.24) is 4.57 Å². The van der Waals surface area contributed by atoms with E-state index in [4.69, 9.17) is 9.57 Å². The van der Waals surface area contributed by atoms with E-state index in [0.29, 0.717) is 22.6 Å². The van der Waals surface area contributed by atoms with E-state index in [1.165, 1.54) is 0 Å². The highest BCUT2D eigenvalue weighted by Crippen LogP contribution is 2.41. The van der Waals surface area contributed by atoms with Gasteiger partial charge in [-0.25, -0.2) is 4.79 Å². The van der Waals surface area contributed by atoms with E-state index in [2.05, 4.69) is 23.2 Å². The molecule has 0 N–H and O–H groups in total. The van der Waals surface area contributed by atoms with Crippen molar-refractivity contribution in [1.29, 1.82) is 0 Å². The third-order valence-corrected chi connectivity index (χ3v) is 6.20. The average molecular weight is 453 g/mol. The van der Waals surface area contributed by atoms with Gasteiger partial charge in [0.05, 0.1) is 10.9 Å². The first-order chi connectivity index (χ1) is 16.4. The molecule has 1 aromatic heterocycles. The van der Waals surface area contributed by atoms with Crippen molar-refractivity contribution in [2.45, 2.75) is 27.3 Å². The van der Waals surface area contributed by atoms with E-state index in [0.717, 1.165) is 39.5 Å². The third-order valence-electron chi connectivity index (χ3n) is 6.20. The van der Waals surface area contributed by atoms with Crippen molar-refractivity contribution in [3.63, 3.8) is 0 Å².